The topological polar surface area (TPSA) is 61.2 Å². The highest BCUT2D eigenvalue weighted by atomic mass is 32.2. The van der Waals surface area contributed by atoms with Crippen molar-refractivity contribution in [3.05, 3.63) is 0 Å². The van der Waals surface area contributed by atoms with Gasteiger partial charge in [-0.25, -0.2) is 8.42 Å². The van der Waals surface area contributed by atoms with Crippen LogP contribution in [-0.4, -0.2) is 31.1 Å². The highest BCUT2D eigenvalue weighted by Crippen LogP contribution is 2.28. The number of hydrogen-bond acceptors (Lipinski definition) is 3. The Morgan fingerprint density at radius 2 is 1.72 bits per heavy atom. The van der Waals surface area contributed by atoms with E-state index in [2.05, 4.69) is 6.07 Å². The Labute approximate surface area is 110 Å². The van der Waals surface area contributed by atoms with E-state index < -0.39 is 16.1 Å². The zero-order valence-electron chi connectivity index (χ0n) is 10.8. The van der Waals surface area contributed by atoms with Crippen molar-refractivity contribution in [2.75, 3.05) is 12.3 Å². The minimum absolute atomic E-state index is 0.255. The van der Waals surface area contributed by atoms with Crippen LogP contribution in [0.2, 0.25) is 0 Å². The van der Waals surface area contributed by atoms with Crippen LogP contribution in [0.4, 0.5) is 0 Å². The summed E-state index contributed by atoms with van der Waals surface area (Å²) < 4.78 is 26.3. The minimum atomic E-state index is -3.23. The first kappa shape index (κ1) is 13.8. The molecule has 0 bridgehead atoms. The second-order valence-electron chi connectivity index (χ2n) is 5.53. The van der Waals surface area contributed by atoms with E-state index in [4.69, 9.17) is 5.26 Å². The molecule has 1 saturated carbocycles. The van der Waals surface area contributed by atoms with Crippen LogP contribution in [0, 0.1) is 17.2 Å². The Morgan fingerprint density at radius 3 is 2.39 bits per heavy atom. The lowest BCUT2D eigenvalue weighted by atomic mass is 9.91. The van der Waals surface area contributed by atoms with Gasteiger partial charge >= 0.3 is 0 Å². The molecule has 5 heteroatoms. The molecule has 0 aromatic heterocycles. The van der Waals surface area contributed by atoms with Crippen LogP contribution < -0.4 is 0 Å². The van der Waals surface area contributed by atoms with Crippen LogP contribution in [0.25, 0.3) is 0 Å². The number of rotatable bonds is 3. The third-order valence-corrected chi connectivity index (χ3v) is 6.18. The first-order chi connectivity index (χ1) is 8.63. The van der Waals surface area contributed by atoms with E-state index in [1.165, 1.54) is 10.7 Å². The minimum Gasteiger partial charge on any atom is -0.212 e. The van der Waals surface area contributed by atoms with E-state index in [1.54, 1.807) is 0 Å². The molecule has 0 radical (unpaired) electrons. The van der Waals surface area contributed by atoms with Gasteiger partial charge in [0, 0.05) is 6.54 Å². The SMILES string of the molecule is N#CC1CCCCN1S(=O)(=O)CC1CCCCC1. The number of nitriles is 1. The zero-order valence-corrected chi connectivity index (χ0v) is 11.7. The van der Waals surface area contributed by atoms with Gasteiger partial charge < -0.3 is 0 Å². The maximum Gasteiger partial charge on any atom is 0.215 e. The second-order valence-corrected chi connectivity index (χ2v) is 7.50. The average molecular weight is 270 g/mol. The number of piperidine rings is 1. The summed E-state index contributed by atoms with van der Waals surface area (Å²) in [5.41, 5.74) is 0. The first-order valence-corrected chi connectivity index (χ1v) is 8.63. The lowest BCUT2D eigenvalue weighted by molar-refractivity contribution is 0.291. The summed E-state index contributed by atoms with van der Waals surface area (Å²) in [7, 11) is -3.23. The van der Waals surface area contributed by atoms with Gasteiger partial charge in [-0.2, -0.15) is 9.57 Å². The van der Waals surface area contributed by atoms with Crippen molar-refractivity contribution in [3.63, 3.8) is 0 Å². The monoisotopic (exact) mass is 270 g/mol. The van der Waals surface area contributed by atoms with Crippen LogP contribution >= 0.6 is 0 Å². The first-order valence-electron chi connectivity index (χ1n) is 7.02. The highest BCUT2D eigenvalue weighted by molar-refractivity contribution is 7.89. The predicted octanol–water partition coefficient (Wildman–Crippen LogP) is 2.27. The van der Waals surface area contributed by atoms with Crippen molar-refractivity contribution >= 4 is 10.0 Å². The van der Waals surface area contributed by atoms with E-state index in [0.29, 0.717) is 18.9 Å². The third-order valence-electron chi connectivity index (χ3n) is 4.13. The summed E-state index contributed by atoms with van der Waals surface area (Å²) in [5.74, 6) is 0.565. The van der Waals surface area contributed by atoms with E-state index >= 15 is 0 Å². The Bertz CT molecular complexity index is 407. The van der Waals surface area contributed by atoms with Crippen LogP contribution in [0.15, 0.2) is 0 Å². The molecule has 102 valence electrons. The quantitative estimate of drug-likeness (QED) is 0.790. The molecule has 1 saturated heterocycles. The number of sulfonamides is 1. The molecule has 2 rings (SSSR count). The number of hydrogen-bond donors (Lipinski definition) is 0. The second kappa shape index (κ2) is 6.03. The maximum absolute atomic E-state index is 12.4. The van der Waals surface area contributed by atoms with Gasteiger partial charge in [0.25, 0.3) is 0 Å². The van der Waals surface area contributed by atoms with Gasteiger partial charge in [0.05, 0.1) is 11.8 Å². The lowest BCUT2D eigenvalue weighted by Gasteiger charge is -2.32. The molecule has 4 nitrogen and oxygen atoms in total. The van der Waals surface area contributed by atoms with Gasteiger partial charge in [-0.1, -0.05) is 19.3 Å². The number of nitrogens with zero attached hydrogens (tertiary/aromatic N) is 2. The van der Waals surface area contributed by atoms with Gasteiger partial charge in [-0.05, 0) is 38.0 Å². The standard InChI is InChI=1S/C13H22N2O2S/c14-10-13-8-4-5-9-15(13)18(16,17)11-12-6-2-1-3-7-12/h12-13H,1-9,11H2. The van der Waals surface area contributed by atoms with Crippen LogP contribution in [0.5, 0.6) is 0 Å². The molecule has 2 fully saturated rings. The molecule has 0 spiro atoms. The molecular formula is C13H22N2O2S. The fourth-order valence-corrected chi connectivity index (χ4v) is 5.18. The Hall–Kier alpha value is -0.600. The van der Waals surface area contributed by atoms with E-state index in [-0.39, 0.29) is 5.75 Å². The van der Waals surface area contributed by atoms with E-state index in [9.17, 15) is 8.42 Å². The summed E-state index contributed by atoms with van der Waals surface area (Å²) in [5, 5.41) is 9.07. The molecule has 1 heterocycles. The van der Waals surface area contributed by atoms with Gasteiger partial charge in [0.2, 0.25) is 10.0 Å². The van der Waals surface area contributed by atoms with Crippen molar-refractivity contribution in [1.82, 2.24) is 4.31 Å². The van der Waals surface area contributed by atoms with Gasteiger partial charge in [0.1, 0.15) is 6.04 Å². The van der Waals surface area contributed by atoms with E-state index in [0.717, 1.165) is 38.5 Å². The molecule has 1 unspecified atom stereocenters. The molecule has 2 aliphatic rings. The normalized spacial score (nSPS) is 27.8. The molecule has 0 amide bonds. The third kappa shape index (κ3) is 3.24. The van der Waals surface area contributed by atoms with Crippen molar-refractivity contribution in [1.29, 1.82) is 5.26 Å². The van der Waals surface area contributed by atoms with Crippen LogP contribution in [0.3, 0.4) is 0 Å². The fraction of sp³-hybridized carbons (Fsp3) is 0.923. The molecule has 18 heavy (non-hydrogen) atoms. The van der Waals surface area contributed by atoms with E-state index in [1.807, 2.05) is 0 Å². The predicted molar refractivity (Wildman–Crippen MR) is 70.3 cm³/mol. The highest BCUT2D eigenvalue weighted by Gasteiger charge is 2.34. The molecule has 0 aromatic rings. The summed E-state index contributed by atoms with van der Waals surface area (Å²) >= 11 is 0. The largest absolute Gasteiger partial charge is 0.215 e. The fourth-order valence-electron chi connectivity index (χ4n) is 3.11. The maximum atomic E-state index is 12.4. The summed E-state index contributed by atoms with van der Waals surface area (Å²) in [6, 6.07) is 1.72. The Morgan fingerprint density at radius 1 is 1.06 bits per heavy atom. The van der Waals surface area contributed by atoms with Crippen molar-refractivity contribution in [2.24, 2.45) is 5.92 Å². The lowest BCUT2D eigenvalue weighted by Crippen LogP contribution is -2.45. The smallest absolute Gasteiger partial charge is 0.212 e. The molecule has 1 aliphatic carbocycles. The van der Waals surface area contributed by atoms with Crippen molar-refractivity contribution in [3.8, 4) is 6.07 Å². The van der Waals surface area contributed by atoms with Crippen LogP contribution in [0.1, 0.15) is 51.4 Å². The van der Waals surface area contributed by atoms with Crippen LogP contribution in [-0.2, 0) is 10.0 Å². The summed E-state index contributed by atoms with van der Waals surface area (Å²) in [6.07, 6.45) is 8.16. The zero-order chi connectivity index (χ0) is 13.0. The van der Waals surface area contributed by atoms with Gasteiger partial charge in [-0.15, -0.1) is 0 Å². The summed E-state index contributed by atoms with van der Waals surface area (Å²) in [4.78, 5) is 0. The molecule has 1 atom stereocenters. The Balaban J connectivity index is 2.02. The molecular weight excluding hydrogens is 248 g/mol. The van der Waals surface area contributed by atoms with Gasteiger partial charge in [-0.3, -0.25) is 0 Å². The van der Waals surface area contributed by atoms with Gasteiger partial charge in [0.15, 0.2) is 0 Å². The molecule has 0 N–H and O–H groups in total. The van der Waals surface area contributed by atoms with Crippen molar-refractivity contribution in [2.45, 2.75) is 57.4 Å². The molecule has 1 aliphatic heterocycles. The summed E-state index contributed by atoms with van der Waals surface area (Å²) in [6.45, 7) is 0.535. The molecule has 0 aromatic carbocycles. The van der Waals surface area contributed by atoms with Crippen molar-refractivity contribution < 1.29 is 8.42 Å². The Kier molecular flexibility index (Phi) is 4.63. The average Bonchev–Trinajstić information content (AvgIpc) is 2.39.